The molecular formula is C20H19N3O3S. The van der Waals surface area contributed by atoms with Crippen molar-refractivity contribution in [2.75, 3.05) is 5.32 Å². The van der Waals surface area contributed by atoms with E-state index >= 15 is 0 Å². The summed E-state index contributed by atoms with van der Waals surface area (Å²) in [4.78, 5) is 33.8. The number of nitrogens with zero attached hydrogens (tertiary/aromatic N) is 2. The monoisotopic (exact) mass is 381 g/mol. The Bertz CT molecular complexity index is 970. The number of thiazole rings is 1. The first kappa shape index (κ1) is 18.7. The second-order valence-electron chi connectivity index (χ2n) is 6.05. The van der Waals surface area contributed by atoms with Crippen molar-refractivity contribution in [1.29, 1.82) is 0 Å². The van der Waals surface area contributed by atoms with E-state index in [9.17, 15) is 9.59 Å². The molecule has 3 rings (SSSR count). The zero-order valence-corrected chi connectivity index (χ0v) is 16.0. The summed E-state index contributed by atoms with van der Waals surface area (Å²) >= 11 is 1.20. The van der Waals surface area contributed by atoms with E-state index in [4.69, 9.17) is 4.74 Å². The van der Waals surface area contributed by atoms with Crippen LogP contribution >= 0.6 is 11.3 Å². The lowest BCUT2D eigenvalue weighted by atomic mass is 10.2. The van der Waals surface area contributed by atoms with Crippen LogP contribution in [0.25, 0.3) is 10.7 Å². The van der Waals surface area contributed by atoms with Gasteiger partial charge in [-0.25, -0.2) is 9.78 Å². The van der Waals surface area contributed by atoms with Crippen LogP contribution < -0.4 is 5.32 Å². The molecule has 2 heterocycles. The minimum absolute atomic E-state index is 0.367. The summed E-state index contributed by atoms with van der Waals surface area (Å²) in [6.45, 7) is 5.21. The van der Waals surface area contributed by atoms with Crippen LogP contribution in [0.3, 0.4) is 0 Å². The summed E-state index contributed by atoms with van der Waals surface area (Å²) in [5.41, 5.74) is 2.93. The molecule has 27 heavy (non-hydrogen) atoms. The van der Waals surface area contributed by atoms with Gasteiger partial charge in [0.15, 0.2) is 6.10 Å². The van der Waals surface area contributed by atoms with Crippen LogP contribution in [-0.2, 0) is 9.53 Å². The molecular weight excluding hydrogens is 362 g/mol. The first-order valence-corrected chi connectivity index (χ1v) is 9.23. The zero-order chi connectivity index (χ0) is 19.4. The third-order valence-electron chi connectivity index (χ3n) is 3.80. The summed E-state index contributed by atoms with van der Waals surface area (Å²) in [5, 5.41) is 3.38. The zero-order valence-electron chi connectivity index (χ0n) is 15.2. The molecule has 0 bridgehead atoms. The number of hydrogen-bond donors (Lipinski definition) is 1. The molecule has 0 aliphatic heterocycles. The topological polar surface area (TPSA) is 81.2 Å². The van der Waals surface area contributed by atoms with Crippen molar-refractivity contribution < 1.29 is 14.3 Å². The van der Waals surface area contributed by atoms with Gasteiger partial charge in [-0.2, -0.15) is 0 Å². The van der Waals surface area contributed by atoms with E-state index in [0.717, 1.165) is 5.56 Å². The lowest BCUT2D eigenvalue weighted by Crippen LogP contribution is -2.30. The van der Waals surface area contributed by atoms with Crippen LogP contribution in [0, 0.1) is 13.8 Å². The number of ether oxygens (including phenoxy) is 1. The highest BCUT2D eigenvalue weighted by Gasteiger charge is 2.23. The molecule has 1 aromatic carbocycles. The van der Waals surface area contributed by atoms with Gasteiger partial charge in [-0.15, -0.1) is 11.3 Å². The number of carbonyl (C=O) groups excluding carboxylic acids is 2. The summed E-state index contributed by atoms with van der Waals surface area (Å²) in [6.07, 6.45) is 0.736. The standard InChI is InChI=1S/C20H19N3O3S/c1-12-7-6-8-15(11-12)23-18(24)14(3)26-20(25)17-13(2)22-19(27-17)16-9-4-5-10-21-16/h4-11,14H,1-3H3,(H,23,24)/t14-/m1/s1. The maximum absolute atomic E-state index is 12.5. The predicted octanol–water partition coefficient (Wildman–Crippen LogP) is 4.01. The highest BCUT2D eigenvalue weighted by Crippen LogP contribution is 2.27. The number of pyridine rings is 1. The fourth-order valence-electron chi connectivity index (χ4n) is 2.42. The van der Waals surface area contributed by atoms with Gasteiger partial charge in [-0.1, -0.05) is 18.2 Å². The summed E-state index contributed by atoms with van der Waals surface area (Å²) in [6, 6.07) is 12.9. The van der Waals surface area contributed by atoms with Gasteiger partial charge >= 0.3 is 5.97 Å². The fourth-order valence-corrected chi connectivity index (χ4v) is 3.34. The number of amides is 1. The summed E-state index contributed by atoms with van der Waals surface area (Å²) < 4.78 is 5.33. The highest BCUT2D eigenvalue weighted by molar-refractivity contribution is 7.17. The maximum atomic E-state index is 12.5. The third-order valence-corrected chi connectivity index (χ3v) is 4.96. The molecule has 2 aromatic heterocycles. The maximum Gasteiger partial charge on any atom is 0.351 e. The molecule has 3 aromatic rings. The fraction of sp³-hybridized carbons (Fsp3) is 0.200. The number of esters is 1. The van der Waals surface area contributed by atoms with Gasteiger partial charge in [0.25, 0.3) is 5.91 Å². The lowest BCUT2D eigenvalue weighted by Gasteiger charge is -2.13. The number of aromatic nitrogens is 2. The molecule has 0 radical (unpaired) electrons. The molecule has 1 atom stereocenters. The van der Waals surface area contributed by atoms with Gasteiger partial charge < -0.3 is 10.1 Å². The molecule has 1 N–H and O–H groups in total. The van der Waals surface area contributed by atoms with Crippen molar-refractivity contribution in [3.05, 3.63) is 64.8 Å². The van der Waals surface area contributed by atoms with Gasteiger partial charge in [0.05, 0.1) is 11.4 Å². The Morgan fingerprint density at radius 3 is 2.67 bits per heavy atom. The van der Waals surface area contributed by atoms with E-state index in [1.165, 1.54) is 11.3 Å². The first-order valence-electron chi connectivity index (χ1n) is 8.41. The van der Waals surface area contributed by atoms with Crippen molar-refractivity contribution in [2.24, 2.45) is 0 Å². The largest absolute Gasteiger partial charge is 0.448 e. The number of rotatable bonds is 5. The van der Waals surface area contributed by atoms with Crippen molar-refractivity contribution in [1.82, 2.24) is 9.97 Å². The normalized spacial score (nSPS) is 11.7. The molecule has 0 aliphatic rings. The molecule has 138 valence electrons. The van der Waals surface area contributed by atoms with Crippen LogP contribution in [0.5, 0.6) is 0 Å². The molecule has 0 spiro atoms. The minimum Gasteiger partial charge on any atom is -0.448 e. The second kappa shape index (κ2) is 8.09. The number of benzene rings is 1. The first-order chi connectivity index (χ1) is 12.9. The molecule has 0 aliphatic carbocycles. The van der Waals surface area contributed by atoms with E-state index in [1.54, 1.807) is 26.1 Å². The van der Waals surface area contributed by atoms with E-state index in [2.05, 4.69) is 15.3 Å². The van der Waals surface area contributed by atoms with Crippen LogP contribution in [0.2, 0.25) is 0 Å². The Kier molecular flexibility index (Phi) is 5.61. The molecule has 1 amide bonds. The van der Waals surface area contributed by atoms with Crippen LogP contribution in [0.1, 0.15) is 27.9 Å². The SMILES string of the molecule is Cc1cccc(NC(=O)[C@@H](C)OC(=O)c2sc(-c3ccccn3)nc2C)c1. The molecule has 0 unspecified atom stereocenters. The second-order valence-corrected chi connectivity index (χ2v) is 7.05. The quantitative estimate of drug-likeness (QED) is 0.676. The number of anilines is 1. The van der Waals surface area contributed by atoms with Crippen molar-refractivity contribution >= 4 is 28.9 Å². The average Bonchev–Trinajstić information content (AvgIpc) is 3.04. The smallest absolute Gasteiger partial charge is 0.351 e. The average molecular weight is 381 g/mol. The van der Waals surface area contributed by atoms with E-state index < -0.39 is 12.1 Å². The predicted molar refractivity (Wildman–Crippen MR) is 105 cm³/mol. The number of carbonyl (C=O) groups is 2. The van der Waals surface area contributed by atoms with E-state index in [0.29, 0.717) is 27.0 Å². The number of nitrogens with one attached hydrogen (secondary N) is 1. The Morgan fingerprint density at radius 2 is 1.96 bits per heavy atom. The number of hydrogen-bond acceptors (Lipinski definition) is 6. The van der Waals surface area contributed by atoms with Gasteiger partial charge in [0.2, 0.25) is 0 Å². The number of aryl methyl sites for hydroxylation is 2. The van der Waals surface area contributed by atoms with E-state index in [1.807, 2.05) is 43.3 Å². The van der Waals surface area contributed by atoms with Crippen molar-refractivity contribution in [3.8, 4) is 10.7 Å². The van der Waals surface area contributed by atoms with Gasteiger partial charge in [0, 0.05) is 11.9 Å². The van der Waals surface area contributed by atoms with Crippen LogP contribution in [0.4, 0.5) is 5.69 Å². The van der Waals surface area contributed by atoms with E-state index in [-0.39, 0.29) is 5.91 Å². The van der Waals surface area contributed by atoms with Crippen molar-refractivity contribution in [3.63, 3.8) is 0 Å². The Hall–Kier alpha value is -3.06. The molecule has 0 saturated carbocycles. The van der Waals surface area contributed by atoms with Crippen molar-refractivity contribution in [2.45, 2.75) is 26.9 Å². The Labute approximate surface area is 161 Å². The van der Waals surface area contributed by atoms with Crippen LogP contribution in [-0.4, -0.2) is 27.9 Å². The van der Waals surface area contributed by atoms with Gasteiger partial charge in [-0.05, 0) is 50.6 Å². The summed E-state index contributed by atoms with van der Waals surface area (Å²) in [5.74, 6) is -0.958. The lowest BCUT2D eigenvalue weighted by molar-refractivity contribution is -0.123. The van der Waals surface area contributed by atoms with Gasteiger partial charge in [0.1, 0.15) is 9.88 Å². The molecule has 6 nitrogen and oxygen atoms in total. The summed E-state index contributed by atoms with van der Waals surface area (Å²) in [7, 11) is 0. The molecule has 7 heteroatoms. The Balaban J connectivity index is 1.68. The molecule has 0 saturated heterocycles. The molecule has 0 fully saturated rings. The third kappa shape index (κ3) is 4.57. The van der Waals surface area contributed by atoms with Crippen LogP contribution in [0.15, 0.2) is 48.7 Å². The Morgan fingerprint density at radius 1 is 1.15 bits per heavy atom. The van der Waals surface area contributed by atoms with Gasteiger partial charge in [-0.3, -0.25) is 9.78 Å². The minimum atomic E-state index is -0.933. The highest BCUT2D eigenvalue weighted by atomic mass is 32.1.